The maximum absolute atomic E-state index is 12.7. The molecular weight excluding hydrogens is 632 g/mol. The zero-order valence-electron chi connectivity index (χ0n) is 28.7. The lowest BCUT2D eigenvalue weighted by Crippen LogP contribution is -2.36. The summed E-state index contributed by atoms with van der Waals surface area (Å²) >= 11 is 0. The van der Waals surface area contributed by atoms with E-state index in [9.17, 15) is 22.6 Å². The lowest BCUT2D eigenvalue weighted by atomic mass is 10.1. The van der Waals surface area contributed by atoms with Crippen LogP contribution < -0.4 is 14.4 Å². The fraction of sp³-hybridized carbons (Fsp3) is 0.472. The highest BCUT2D eigenvalue weighted by atomic mass is 32.2. The van der Waals surface area contributed by atoms with Gasteiger partial charge in [-0.2, -0.15) is 0 Å². The second-order valence-corrected chi connectivity index (χ2v) is 13.1. The Bertz CT molecular complexity index is 1780. The zero-order valence-corrected chi connectivity index (χ0v) is 29.6. The molecule has 2 heterocycles. The van der Waals surface area contributed by atoms with Crippen LogP contribution in [0.4, 0.5) is 11.4 Å². The first-order valence-corrected chi connectivity index (χ1v) is 18.6. The molecule has 12 heteroatoms. The summed E-state index contributed by atoms with van der Waals surface area (Å²) < 4.78 is 49.2. The zero-order chi connectivity index (χ0) is 34.8. The van der Waals surface area contributed by atoms with Crippen molar-refractivity contribution in [2.75, 3.05) is 41.9 Å². The molecule has 2 aromatic carbocycles. The van der Waals surface area contributed by atoms with Gasteiger partial charge < -0.3 is 23.8 Å². The van der Waals surface area contributed by atoms with Crippen LogP contribution in [-0.4, -0.2) is 61.5 Å². The number of imidazole rings is 1. The van der Waals surface area contributed by atoms with Crippen molar-refractivity contribution >= 4 is 50.5 Å². The van der Waals surface area contributed by atoms with E-state index in [-0.39, 0.29) is 25.5 Å². The normalized spacial score (nSPS) is 14.0. The number of nitrogens with zero attached hydrogens (tertiary/aromatic N) is 4. The number of carbonyl (C=O) groups excluding carboxylic acids is 2. The average Bonchev–Trinajstić information content (AvgIpc) is 3.52. The SMILES string of the molecule is CCCCN1/C(=C\C=C\c2n(CCCS(=O)(=O)[O-])c3cc(C(=O)OCC)ccc3[n+]2CCCC)N(CC)c2cc(C(=O)OCC)ccc21. The molecule has 0 amide bonds. The molecule has 3 aromatic rings. The highest BCUT2D eigenvalue weighted by Gasteiger charge is 2.31. The van der Waals surface area contributed by atoms with Gasteiger partial charge in [0, 0.05) is 31.0 Å². The maximum atomic E-state index is 12.7. The lowest BCUT2D eigenvalue weighted by Gasteiger charge is -2.24. The van der Waals surface area contributed by atoms with Crippen LogP contribution >= 0.6 is 0 Å². The van der Waals surface area contributed by atoms with E-state index in [1.807, 2.05) is 41.0 Å². The molecule has 1 aliphatic rings. The van der Waals surface area contributed by atoms with Crippen molar-refractivity contribution in [2.24, 2.45) is 0 Å². The molecule has 1 aliphatic heterocycles. The number of hydrogen-bond donors (Lipinski definition) is 0. The number of fused-ring (bicyclic) bond motifs is 2. The molecule has 0 radical (unpaired) electrons. The van der Waals surface area contributed by atoms with Gasteiger partial charge in [-0.25, -0.2) is 27.1 Å². The summed E-state index contributed by atoms with van der Waals surface area (Å²) in [6, 6.07) is 11.1. The number of aryl methyl sites for hydroxylation is 2. The van der Waals surface area contributed by atoms with Crippen molar-refractivity contribution < 1.29 is 36.6 Å². The molecule has 0 saturated carbocycles. The van der Waals surface area contributed by atoms with E-state index in [0.29, 0.717) is 30.8 Å². The van der Waals surface area contributed by atoms with Crippen LogP contribution in [0.3, 0.4) is 0 Å². The highest BCUT2D eigenvalue weighted by molar-refractivity contribution is 7.85. The van der Waals surface area contributed by atoms with E-state index in [0.717, 1.165) is 66.3 Å². The molecule has 0 fully saturated rings. The van der Waals surface area contributed by atoms with Crippen LogP contribution in [0.1, 0.15) is 93.3 Å². The first-order chi connectivity index (χ1) is 23.1. The number of anilines is 2. The van der Waals surface area contributed by atoms with Gasteiger partial charge in [0.25, 0.3) is 5.82 Å². The van der Waals surface area contributed by atoms with Crippen molar-refractivity contribution in [2.45, 2.75) is 79.8 Å². The number of allylic oxidation sites excluding steroid dienone is 2. The van der Waals surface area contributed by atoms with Crippen molar-refractivity contribution in [1.82, 2.24) is 4.57 Å². The largest absolute Gasteiger partial charge is 0.748 e. The van der Waals surface area contributed by atoms with Crippen LogP contribution in [0.15, 0.2) is 54.4 Å². The van der Waals surface area contributed by atoms with Gasteiger partial charge in [-0.15, -0.1) is 0 Å². The molecular formula is C36H48N4O7S. The summed E-state index contributed by atoms with van der Waals surface area (Å²) in [5.74, 6) is 0.519. The van der Waals surface area contributed by atoms with Crippen LogP contribution in [-0.2, 0) is 32.7 Å². The van der Waals surface area contributed by atoms with Crippen molar-refractivity contribution in [3.8, 4) is 0 Å². The van der Waals surface area contributed by atoms with E-state index in [2.05, 4.69) is 41.2 Å². The van der Waals surface area contributed by atoms with Gasteiger partial charge in [0.05, 0.1) is 58.9 Å². The number of ether oxygens (including phenoxy) is 2. The van der Waals surface area contributed by atoms with Crippen LogP contribution in [0, 0.1) is 0 Å². The minimum Gasteiger partial charge on any atom is -0.748 e. The summed E-state index contributed by atoms with van der Waals surface area (Å²) in [5, 5.41) is 0. The Kier molecular flexibility index (Phi) is 12.8. The number of carbonyl (C=O) groups is 2. The Morgan fingerprint density at radius 2 is 1.50 bits per heavy atom. The minimum absolute atomic E-state index is 0.126. The third kappa shape index (κ3) is 8.46. The van der Waals surface area contributed by atoms with Crippen molar-refractivity contribution in [1.29, 1.82) is 0 Å². The van der Waals surface area contributed by atoms with Crippen molar-refractivity contribution in [3.63, 3.8) is 0 Å². The molecule has 1 aromatic heterocycles. The van der Waals surface area contributed by atoms with E-state index in [1.54, 1.807) is 26.0 Å². The van der Waals surface area contributed by atoms with E-state index >= 15 is 0 Å². The molecule has 0 saturated heterocycles. The standard InChI is InChI=1S/C36H48N4O7S/c1-6-11-21-38-29-19-17-27(35(41)46-9-4)25-31(29)37(8-3)33(38)15-13-16-34-39(22-12-7-2)30-20-18-28(36(42)47-10-5)26-32(30)40(34)23-14-24-48(43,44)45/h13,15-20,25-26H,6-12,14,21-24H2,1-5H3. The predicted octanol–water partition coefficient (Wildman–Crippen LogP) is 6.02. The summed E-state index contributed by atoms with van der Waals surface area (Å²) in [6.45, 7) is 12.9. The molecule has 0 atom stereocenters. The molecule has 11 nitrogen and oxygen atoms in total. The van der Waals surface area contributed by atoms with Gasteiger partial charge in [0.2, 0.25) is 0 Å². The van der Waals surface area contributed by atoms with Gasteiger partial charge in [-0.3, -0.25) is 0 Å². The molecule has 48 heavy (non-hydrogen) atoms. The van der Waals surface area contributed by atoms with Crippen LogP contribution in [0.25, 0.3) is 17.1 Å². The Morgan fingerprint density at radius 3 is 2.12 bits per heavy atom. The molecule has 260 valence electrons. The number of benzene rings is 2. The number of aromatic nitrogens is 2. The number of rotatable bonds is 17. The average molecular weight is 681 g/mol. The number of unbranched alkanes of at least 4 members (excludes halogenated alkanes) is 2. The molecule has 0 aliphatic carbocycles. The minimum atomic E-state index is -4.40. The predicted molar refractivity (Wildman–Crippen MR) is 187 cm³/mol. The molecule has 0 spiro atoms. The maximum Gasteiger partial charge on any atom is 0.338 e. The monoisotopic (exact) mass is 680 g/mol. The quantitative estimate of drug-likeness (QED) is 0.0956. The Labute approximate surface area is 284 Å². The molecule has 0 bridgehead atoms. The third-order valence-corrected chi connectivity index (χ3v) is 9.08. The summed E-state index contributed by atoms with van der Waals surface area (Å²) in [7, 11) is -4.40. The first kappa shape index (κ1) is 36.7. The number of esters is 2. The van der Waals surface area contributed by atoms with Crippen LogP contribution in [0.5, 0.6) is 0 Å². The molecule has 0 unspecified atom stereocenters. The number of hydrogen-bond acceptors (Lipinski definition) is 9. The Balaban J connectivity index is 1.84. The Hall–Kier alpha value is -4.16. The second-order valence-electron chi connectivity index (χ2n) is 11.6. The third-order valence-electron chi connectivity index (χ3n) is 8.30. The van der Waals surface area contributed by atoms with Gasteiger partial charge >= 0.3 is 11.9 Å². The van der Waals surface area contributed by atoms with E-state index in [4.69, 9.17) is 9.47 Å². The van der Waals surface area contributed by atoms with Crippen LogP contribution in [0.2, 0.25) is 0 Å². The smallest absolute Gasteiger partial charge is 0.338 e. The van der Waals surface area contributed by atoms with E-state index < -0.39 is 21.8 Å². The fourth-order valence-corrected chi connectivity index (χ4v) is 6.54. The Morgan fingerprint density at radius 1 is 0.833 bits per heavy atom. The van der Waals surface area contributed by atoms with E-state index in [1.165, 1.54) is 0 Å². The van der Waals surface area contributed by atoms with Gasteiger partial charge in [-0.1, -0.05) is 32.8 Å². The molecule has 4 rings (SSSR count). The summed E-state index contributed by atoms with van der Waals surface area (Å²) in [5.41, 5.74) is 4.52. The summed E-state index contributed by atoms with van der Waals surface area (Å²) in [6.07, 6.45) is 10.0. The second kappa shape index (κ2) is 16.8. The van der Waals surface area contributed by atoms with Gasteiger partial charge in [-0.05, 0) is 76.4 Å². The molecule has 0 N–H and O–H groups in total. The fourth-order valence-electron chi connectivity index (χ4n) is 6.05. The lowest BCUT2D eigenvalue weighted by molar-refractivity contribution is -0.674. The van der Waals surface area contributed by atoms with Gasteiger partial charge in [0.15, 0.2) is 11.0 Å². The van der Waals surface area contributed by atoms with Crippen molar-refractivity contribution in [3.05, 3.63) is 71.3 Å². The first-order valence-electron chi connectivity index (χ1n) is 17.0. The topological polar surface area (TPSA) is 125 Å². The summed E-state index contributed by atoms with van der Waals surface area (Å²) in [4.78, 5) is 29.7. The highest BCUT2D eigenvalue weighted by Crippen LogP contribution is 2.42. The van der Waals surface area contributed by atoms with Gasteiger partial charge in [0.1, 0.15) is 5.82 Å².